The highest BCUT2D eigenvalue weighted by atomic mass is 32.2. The van der Waals surface area contributed by atoms with E-state index >= 15 is 0 Å². The van der Waals surface area contributed by atoms with E-state index in [0.29, 0.717) is 4.90 Å². The fraction of sp³-hybridized carbons (Fsp3) is 0. The number of nitrogens with two attached hydrogens (primary N) is 1. The van der Waals surface area contributed by atoms with Crippen molar-refractivity contribution < 1.29 is 4.21 Å². The molecule has 6 heteroatoms. The van der Waals surface area contributed by atoms with Crippen LogP contribution in [-0.4, -0.2) is 19.2 Å². The summed E-state index contributed by atoms with van der Waals surface area (Å²) in [7, 11) is -1.56. The van der Waals surface area contributed by atoms with E-state index in [-0.39, 0.29) is 0 Å². The first-order valence-corrected chi connectivity index (χ1v) is 8.84. The predicted molar refractivity (Wildman–Crippen MR) is 98.8 cm³/mol. The van der Waals surface area contributed by atoms with E-state index in [4.69, 9.17) is 5.14 Å². The van der Waals surface area contributed by atoms with Crippen LogP contribution in [-0.2, 0) is 11.0 Å². The van der Waals surface area contributed by atoms with Crippen LogP contribution in [0.4, 0.5) is 0 Å². The van der Waals surface area contributed by atoms with Crippen LogP contribution >= 0.6 is 0 Å². The van der Waals surface area contributed by atoms with Crippen LogP contribution in [0.5, 0.6) is 0 Å². The Balaban J connectivity index is 1.90. The Labute approximate surface area is 147 Å². The minimum atomic E-state index is -1.56. The van der Waals surface area contributed by atoms with Gasteiger partial charge in [0, 0.05) is 41.9 Å². The van der Waals surface area contributed by atoms with E-state index in [2.05, 4.69) is 21.0 Å². The second-order valence-electron chi connectivity index (χ2n) is 5.53. The number of rotatable bonds is 3. The second kappa shape index (κ2) is 6.51. The van der Waals surface area contributed by atoms with Crippen molar-refractivity contribution in [3.63, 3.8) is 0 Å². The maximum absolute atomic E-state index is 11.5. The third kappa shape index (κ3) is 3.05. The average Bonchev–Trinajstić information content (AvgIpc) is 2.68. The highest BCUT2D eigenvalue weighted by Gasteiger charge is 2.08. The predicted octanol–water partition coefficient (Wildman–Crippen LogP) is 3.34. The van der Waals surface area contributed by atoms with Crippen LogP contribution in [0.3, 0.4) is 0 Å². The summed E-state index contributed by atoms with van der Waals surface area (Å²) in [6.07, 6.45) is 8.60. The van der Waals surface area contributed by atoms with Gasteiger partial charge in [-0.15, -0.1) is 0 Å². The third-order valence-electron chi connectivity index (χ3n) is 4.01. The van der Waals surface area contributed by atoms with Crippen LogP contribution in [0.15, 0.2) is 78.3 Å². The van der Waals surface area contributed by atoms with E-state index in [1.807, 2.05) is 30.3 Å². The molecule has 0 bridgehead atoms. The van der Waals surface area contributed by atoms with E-state index in [0.717, 1.165) is 33.2 Å². The molecule has 1 unspecified atom stereocenters. The fourth-order valence-corrected chi connectivity index (χ4v) is 3.20. The lowest BCUT2D eigenvalue weighted by Crippen LogP contribution is -2.03. The molecule has 1 atom stereocenters. The summed E-state index contributed by atoms with van der Waals surface area (Å²) < 4.78 is 11.5. The first-order chi connectivity index (χ1) is 12.2. The Kier molecular flexibility index (Phi) is 4.05. The van der Waals surface area contributed by atoms with E-state index in [9.17, 15) is 4.21 Å². The normalized spacial score (nSPS) is 12.2. The molecule has 0 aliphatic heterocycles. The van der Waals surface area contributed by atoms with Crippen LogP contribution in [0.1, 0.15) is 0 Å². The van der Waals surface area contributed by atoms with Crippen molar-refractivity contribution in [3.05, 3.63) is 73.4 Å². The van der Waals surface area contributed by atoms with Crippen molar-refractivity contribution in [2.75, 3.05) is 0 Å². The number of pyridine rings is 3. The monoisotopic (exact) mass is 346 g/mol. The molecule has 3 aromatic heterocycles. The van der Waals surface area contributed by atoms with Crippen LogP contribution < -0.4 is 5.14 Å². The topological polar surface area (TPSA) is 81.8 Å². The Morgan fingerprint density at radius 3 is 2.44 bits per heavy atom. The third-order valence-corrected chi connectivity index (χ3v) is 4.70. The molecule has 122 valence electrons. The van der Waals surface area contributed by atoms with E-state index in [1.54, 1.807) is 30.9 Å². The van der Waals surface area contributed by atoms with Crippen molar-refractivity contribution in [2.24, 2.45) is 5.14 Å². The van der Waals surface area contributed by atoms with Gasteiger partial charge in [-0.05, 0) is 53.1 Å². The van der Waals surface area contributed by atoms with Gasteiger partial charge >= 0.3 is 0 Å². The first-order valence-electron chi connectivity index (χ1n) is 7.63. The summed E-state index contributed by atoms with van der Waals surface area (Å²) in [6.45, 7) is 0. The SMILES string of the molecule is NS(=O)c1cncc(-c2ccc3nccc(-c4ccncc4)c3c2)c1. The molecule has 4 aromatic rings. The van der Waals surface area contributed by atoms with Crippen molar-refractivity contribution in [1.29, 1.82) is 0 Å². The molecule has 0 aliphatic carbocycles. The molecule has 1 aromatic carbocycles. The maximum atomic E-state index is 11.5. The molecule has 0 radical (unpaired) electrons. The molecule has 0 amide bonds. The molecule has 25 heavy (non-hydrogen) atoms. The molecule has 0 saturated heterocycles. The Bertz CT molecular complexity index is 1080. The number of fused-ring (bicyclic) bond motifs is 1. The number of aromatic nitrogens is 3. The van der Waals surface area contributed by atoms with Gasteiger partial charge in [0.15, 0.2) is 0 Å². The number of hydrogen-bond acceptors (Lipinski definition) is 4. The lowest BCUT2D eigenvalue weighted by atomic mass is 9.98. The van der Waals surface area contributed by atoms with Crippen molar-refractivity contribution in [2.45, 2.75) is 4.90 Å². The zero-order chi connectivity index (χ0) is 17.2. The molecule has 0 saturated carbocycles. The van der Waals surface area contributed by atoms with Gasteiger partial charge in [0.25, 0.3) is 0 Å². The molecule has 2 N–H and O–H groups in total. The van der Waals surface area contributed by atoms with Gasteiger partial charge in [0.1, 0.15) is 11.0 Å². The summed E-state index contributed by atoms with van der Waals surface area (Å²) in [5, 5.41) is 6.50. The smallest absolute Gasteiger partial charge is 0.123 e. The number of nitrogens with zero attached hydrogens (tertiary/aromatic N) is 3. The molecule has 5 nitrogen and oxygen atoms in total. The molecule has 3 heterocycles. The molecule has 0 aliphatic rings. The Morgan fingerprint density at radius 1 is 0.800 bits per heavy atom. The minimum Gasteiger partial charge on any atom is -0.265 e. The summed E-state index contributed by atoms with van der Waals surface area (Å²) >= 11 is 0. The Morgan fingerprint density at radius 2 is 1.64 bits per heavy atom. The van der Waals surface area contributed by atoms with Crippen LogP contribution in [0.25, 0.3) is 33.2 Å². The summed E-state index contributed by atoms with van der Waals surface area (Å²) in [5.74, 6) is 0. The van der Waals surface area contributed by atoms with Gasteiger partial charge in [0.05, 0.1) is 10.4 Å². The summed E-state index contributed by atoms with van der Waals surface area (Å²) in [5.41, 5.74) is 4.90. The maximum Gasteiger partial charge on any atom is 0.123 e. The van der Waals surface area contributed by atoms with Crippen LogP contribution in [0, 0.1) is 0 Å². The van der Waals surface area contributed by atoms with E-state index < -0.39 is 11.0 Å². The van der Waals surface area contributed by atoms with Crippen molar-refractivity contribution in [1.82, 2.24) is 15.0 Å². The zero-order valence-corrected chi connectivity index (χ0v) is 14.0. The van der Waals surface area contributed by atoms with Gasteiger partial charge in [-0.3, -0.25) is 15.0 Å². The van der Waals surface area contributed by atoms with Crippen molar-refractivity contribution in [3.8, 4) is 22.3 Å². The van der Waals surface area contributed by atoms with Gasteiger partial charge < -0.3 is 0 Å². The number of benzene rings is 1. The molecular formula is C19H14N4OS. The van der Waals surface area contributed by atoms with Crippen LogP contribution in [0.2, 0.25) is 0 Å². The van der Waals surface area contributed by atoms with Gasteiger partial charge in [-0.25, -0.2) is 9.35 Å². The zero-order valence-electron chi connectivity index (χ0n) is 13.2. The van der Waals surface area contributed by atoms with E-state index in [1.165, 1.54) is 6.20 Å². The van der Waals surface area contributed by atoms with Gasteiger partial charge in [-0.2, -0.15) is 0 Å². The second-order valence-corrected chi connectivity index (χ2v) is 6.60. The largest absolute Gasteiger partial charge is 0.265 e. The molecule has 4 rings (SSSR count). The molecular weight excluding hydrogens is 332 g/mol. The summed E-state index contributed by atoms with van der Waals surface area (Å²) in [4.78, 5) is 13.2. The first kappa shape index (κ1) is 15.6. The number of hydrogen-bond donors (Lipinski definition) is 1. The molecule has 0 fully saturated rings. The highest BCUT2D eigenvalue weighted by Crippen LogP contribution is 2.31. The highest BCUT2D eigenvalue weighted by molar-refractivity contribution is 7.82. The quantitative estimate of drug-likeness (QED) is 0.617. The lowest BCUT2D eigenvalue weighted by Gasteiger charge is -2.09. The van der Waals surface area contributed by atoms with Crippen molar-refractivity contribution >= 4 is 21.9 Å². The standard InChI is InChI=1S/C19H14N4OS/c20-25(24)16-9-15(11-22-12-16)14-1-2-19-18(10-14)17(5-8-23-19)13-3-6-21-7-4-13/h1-12H,20H2. The fourth-order valence-electron chi connectivity index (χ4n) is 2.80. The molecule has 0 spiro atoms. The van der Waals surface area contributed by atoms with Gasteiger partial charge in [-0.1, -0.05) is 6.07 Å². The van der Waals surface area contributed by atoms with Gasteiger partial charge in [0.2, 0.25) is 0 Å². The summed E-state index contributed by atoms with van der Waals surface area (Å²) in [6, 6.07) is 13.8. The average molecular weight is 346 g/mol. The minimum absolute atomic E-state index is 0.498. The Hall–Kier alpha value is -2.96. The lowest BCUT2D eigenvalue weighted by molar-refractivity contribution is 0.684.